The fraction of sp³-hybridized carbons (Fsp3) is 0.632. The second-order valence-electron chi connectivity index (χ2n) is 6.61. The van der Waals surface area contributed by atoms with E-state index in [4.69, 9.17) is 4.74 Å². The third kappa shape index (κ3) is 8.03. The molecule has 0 aliphatic rings. The number of benzene rings is 1. The summed E-state index contributed by atoms with van der Waals surface area (Å²) in [5.74, 6) is 1.05. The molecular formula is C19H32N2O2. The molecule has 0 saturated carbocycles. The summed E-state index contributed by atoms with van der Waals surface area (Å²) in [5.41, 5.74) is 2.26. The summed E-state index contributed by atoms with van der Waals surface area (Å²) < 4.78 is 5.88. The van der Waals surface area contributed by atoms with Gasteiger partial charge in [-0.05, 0) is 65.4 Å². The standard InChI is InChI=1S/C19H32N2O2/c1-15-10-9-11-16(2)19(15)23-14-17(3)20-18(22)12-7-6-8-13-21(4)5/h9-11,17H,6-8,12-14H2,1-5H3,(H,20,22). The number of carbonyl (C=O) groups is 1. The lowest BCUT2D eigenvalue weighted by Crippen LogP contribution is -2.36. The molecular weight excluding hydrogens is 288 g/mol. The van der Waals surface area contributed by atoms with Crippen LogP contribution >= 0.6 is 0 Å². The molecule has 1 aromatic carbocycles. The van der Waals surface area contributed by atoms with Crippen molar-refractivity contribution in [2.75, 3.05) is 27.2 Å². The van der Waals surface area contributed by atoms with Crippen molar-refractivity contribution >= 4 is 5.91 Å². The summed E-state index contributed by atoms with van der Waals surface area (Å²) >= 11 is 0. The van der Waals surface area contributed by atoms with Crippen LogP contribution in [0.3, 0.4) is 0 Å². The fourth-order valence-electron chi connectivity index (χ4n) is 2.51. The van der Waals surface area contributed by atoms with E-state index in [1.54, 1.807) is 0 Å². The zero-order chi connectivity index (χ0) is 17.2. The molecule has 4 nitrogen and oxygen atoms in total. The first-order valence-corrected chi connectivity index (χ1v) is 8.53. The molecule has 0 bridgehead atoms. The van der Waals surface area contributed by atoms with Gasteiger partial charge in [-0.15, -0.1) is 0 Å². The van der Waals surface area contributed by atoms with Crippen molar-refractivity contribution in [1.29, 1.82) is 0 Å². The van der Waals surface area contributed by atoms with Crippen LogP contribution in [0.4, 0.5) is 0 Å². The molecule has 1 unspecified atom stereocenters. The van der Waals surface area contributed by atoms with E-state index in [-0.39, 0.29) is 11.9 Å². The quantitative estimate of drug-likeness (QED) is 0.673. The molecule has 0 radical (unpaired) electrons. The maximum atomic E-state index is 11.9. The summed E-state index contributed by atoms with van der Waals surface area (Å²) in [5, 5.41) is 3.01. The van der Waals surface area contributed by atoms with E-state index in [0.29, 0.717) is 13.0 Å². The summed E-state index contributed by atoms with van der Waals surface area (Å²) in [6.07, 6.45) is 3.79. The molecule has 130 valence electrons. The smallest absolute Gasteiger partial charge is 0.220 e. The third-order valence-electron chi connectivity index (χ3n) is 3.80. The van der Waals surface area contributed by atoms with Crippen LogP contribution in [0.5, 0.6) is 5.75 Å². The van der Waals surface area contributed by atoms with E-state index in [2.05, 4.69) is 24.3 Å². The first-order valence-electron chi connectivity index (χ1n) is 8.53. The van der Waals surface area contributed by atoms with Crippen molar-refractivity contribution in [3.05, 3.63) is 29.3 Å². The fourth-order valence-corrected chi connectivity index (χ4v) is 2.51. The van der Waals surface area contributed by atoms with Crippen LogP contribution in [0, 0.1) is 13.8 Å². The summed E-state index contributed by atoms with van der Waals surface area (Å²) in [7, 11) is 4.15. The van der Waals surface area contributed by atoms with Gasteiger partial charge in [0.2, 0.25) is 5.91 Å². The van der Waals surface area contributed by atoms with Gasteiger partial charge in [0, 0.05) is 6.42 Å². The van der Waals surface area contributed by atoms with Gasteiger partial charge in [-0.25, -0.2) is 0 Å². The third-order valence-corrected chi connectivity index (χ3v) is 3.80. The van der Waals surface area contributed by atoms with Gasteiger partial charge in [-0.1, -0.05) is 24.6 Å². The number of nitrogens with zero attached hydrogens (tertiary/aromatic N) is 1. The number of para-hydroxylation sites is 1. The number of carbonyl (C=O) groups excluding carboxylic acids is 1. The first kappa shape index (κ1) is 19.5. The molecule has 0 saturated heterocycles. The van der Waals surface area contributed by atoms with Crippen LogP contribution in [0.2, 0.25) is 0 Å². The molecule has 23 heavy (non-hydrogen) atoms. The summed E-state index contributed by atoms with van der Waals surface area (Å²) in [4.78, 5) is 14.1. The van der Waals surface area contributed by atoms with Crippen molar-refractivity contribution in [3.63, 3.8) is 0 Å². The molecule has 0 fully saturated rings. The molecule has 1 atom stereocenters. The highest BCUT2D eigenvalue weighted by molar-refractivity contribution is 5.76. The van der Waals surface area contributed by atoms with Crippen LogP contribution < -0.4 is 10.1 Å². The van der Waals surface area contributed by atoms with Crippen molar-refractivity contribution in [2.24, 2.45) is 0 Å². The Morgan fingerprint density at radius 2 is 1.83 bits per heavy atom. The Balaban J connectivity index is 2.23. The lowest BCUT2D eigenvalue weighted by molar-refractivity contribution is -0.122. The minimum atomic E-state index is 0.0169. The van der Waals surface area contributed by atoms with E-state index >= 15 is 0 Å². The number of hydrogen-bond donors (Lipinski definition) is 1. The predicted octanol–water partition coefficient (Wildman–Crippen LogP) is 3.31. The highest BCUT2D eigenvalue weighted by atomic mass is 16.5. The number of nitrogens with one attached hydrogen (secondary N) is 1. The molecule has 1 amide bonds. The van der Waals surface area contributed by atoms with Gasteiger partial charge in [0.25, 0.3) is 0 Å². The highest BCUT2D eigenvalue weighted by Crippen LogP contribution is 2.22. The number of aryl methyl sites for hydroxylation is 2. The first-order chi connectivity index (χ1) is 10.9. The SMILES string of the molecule is Cc1cccc(C)c1OCC(C)NC(=O)CCCCCN(C)C. The number of ether oxygens (including phenoxy) is 1. The maximum Gasteiger partial charge on any atom is 0.220 e. The molecule has 0 heterocycles. The lowest BCUT2D eigenvalue weighted by Gasteiger charge is -2.17. The Labute approximate surface area is 141 Å². The predicted molar refractivity (Wildman–Crippen MR) is 96.0 cm³/mol. The van der Waals surface area contributed by atoms with Crippen LogP contribution in [-0.4, -0.2) is 44.1 Å². The van der Waals surface area contributed by atoms with Crippen LogP contribution in [0.15, 0.2) is 18.2 Å². The molecule has 0 spiro atoms. The van der Waals surface area contributed by atoms with Crippen LogP contribution in [0.25, 0.3) is 0 Å². The number of rotatable bonds is 10. The largest absolute Gasteiger partial charge is 0.491 e. The Kier molecular flexibility index (Phi) is 8.70. The molecule has 1 rings (SSSR count). The van der Waals surface area contributed by atoms with Gasteiger partial charge in [0.15, 0.2) is 0 Å². The molecule has 0 aromatic heterocycles. The Morgan fingerprint density at radius 1 is 1.17 bits per heavy atom. The van der Waals surface area contributed by atoms with E-state index in [9.17, 15) is 4.79 Å². The molecule has 0 aliphatic carbocycles. The zero-order valence-electron chi connectivity index (χ0n) is 15.3. The minimum absolute atomic E-state index is 0.0169. The van der Waals surface area contributed by atoms with Crippen LogP contribution in [-0.2, 0) is 4.79 Å². The van der Waals surface area contributed by atoms with Crippen molar-refractivity contribution in [1.82, 2.24) is 10.2 Å². The normalized spacial score (nSPS) is 12.3. The Bertz CT molecular complexity index is 466. The Morgan fingerprint density at radius 3 is 2.43 bits per heavy atom. The molecule has 4 heteroatoms. The molecule has 0 aliphatic heterocycles. The topological polar surface area (TPSA) is 41.6 Å². The van der Waals surface area contributed by atoms with Gasteiger partial charge in [-0.3, -0.25) is 4.79 Å². The minimum Gasteiger partial charge on any atom is -0.491 e. The second-order valence-corrected chi connectivity index (χ2v) is 6.61. The van der Waals surface area contributed by atoms with E-state index in [1.165, 1.54) is 0 Å². The number of unbranched alkanes of at least 4 members (excludes halogenated alkanes) is 2. The highest BCUT2D eigenvalue weighted by Gasteiger charge is 2.10. The van der Waals surface area contributed by atoms with E-state index < -0.39 is 0 Å². The van der Waals surface area contributed by atoms with Crippen molar-refractivity contribution in [3.8, 4) is 5.75 Å². The summed E-state index contributed by atoms with van der Waals surface area (Å²) in [6, 6.07) is 6.13. The number of hydrogen-bond acceptors (Lipinski definition) is 3. The average molecular weight is 320 g/mol. The average Bonchev–Trinajstić information content (AvgIpc) is 2.46. The second kappa shape index (κ2) is 10.3. The monoisotopic (exact) mass is 320 g/mol. The van der Waals surface area contributed by atoms with Gasteiger partial charge in [0.1, 0.15) is 12.4 Å². The van der Waals surface area contributed by atoms with Gasteiger partial charge in [0.05, 0.1) is 6.04 Å². The lowest BCUT2D eigenvalue weighted by atomic mass is 10.1. The van der Waals surface area contributed by atoms with Crippen molar-refractivity contribution < 1.29 is 9.53 Å². The van der Waals surface area contributed by atoms with Crippen LogP contribution in [0.1, 0.15) is 43.7 Å². The van der Waals surface area contributed by atoms with Gasteiger partial charge < -0.3 is 15.0 Å². The summed E-state index contributed by atoms with van der Waals surface area (Å²) in [6.45, 7) is 7.65. The van der Waals surface area contributed by atoms with Crippen molar-refractivity contribution in [2.45, 2.75) is 52.5 Å². The molecule has 1 aromatic rings. The maximum absolute atomic E-state index is 11.9. The van der Waals surface area contributed by atoms with E-state index in [1.807, 2.05) is 39.0 Å². The Hall–Kier alpha value is -1.55. The van der Waals surface area contributed by atoms with Gasteiger partial charge >= 0.3 is 0 Å². The number of amides is 1. The van der Waals surface area contributed by atoms with Gasteiger partial charge in [-0.2, -0.15) is 0 Å². The zero-order valence-corrected chi connectivity index (χ0v) is 15.3. The molecule has 1 N–H and O–H groups in total. The van der Waals surface area contributed by atoms with E-state index in [0.717, 1.165) is 42.7 Å².